The van der Waals surface area contributed by atoms with Gasteiger partial charge in [-0.25, -0.2) is 0 Å². The highest BCUT2D eigenvalue weighted by atomic mass is 16.4. The highest BCUT2D eigenvalue weighted by molar-refractivity contribution is 5.77. The Bertz CT molecular complexity index is 579. The van der Waals surface area contributed by atoms with E-state index < -0.39 is 11.9 Å². The zero-order valence-electron chi connectivity index (χ0n) is 12.3. The van der Waals surface area contributed by atoms with Crippen LogP contribution in [0.2, 0.25) is 0 Å². The van der Waals surface area contributed by atoms with Crippen molar-refractivity contribution in [2.45, 2.75) is 5.92 Å². The van der Waals surface area contributed by atoms with Gasteiger partial charge in [0.1, 0.15) is 0 Å². The smallest absolute Gasteiger partial charge is 0.312 e. The zero-order chi connectivity index (χ0) is 15.2. The molecule has 0 heterocycles. The molecule has 0 aliphatic rings. The number of carboxylic acids is 1. The van der Waals surface area contributed by atoms with E-state index >= 15 is 0 Å². The van der Waals surface area contributed by atoms with E-state index in [1.165, 1.54) is 0 Å². The first-order valence-corrected chi connectivity index (χ1v) is 6.87. The molecule has 0 aliphatic carbocycles. The van der Waals surface area contributed by atoms with Crippen molar-refractivity contribution in [2.75, 3.05) is 30.9 Å². The molecule has 0 saturated carbocycles. The minimum absolute atomic E-state index is 0.362. The molecule has 21 heavy (non-hydrogen) atoms. The molecular weight excluding hydrogens is 264 g/mol. The highest BCUT2D eigenvalue weighted by Crippen LogP contribution is 2.19. The van der Waals surface area contributed by atoms with Gasteiger partial charge in [0.05, 0.1) is 5.92 Å². The lowest BCUT2D eigenvalue weighted by Gasteiger charge is -2.16. The van der Waals surface area contributed by atoms with Crippen LogP contribution >= 0.6 is 0 Å². The maximum Gasteiger partial charge on any atom is 0.312 e. The van der Waals surface area contributed by atoms with Crippen LogP contribution in [0.15, 0.2) is 54.6 Å². The van der Waals surface area contributed by atoms with E-state index in [-0.39, 0.29) is 0 Å². The molecule has 2 N–H and O–H groups in total. The topological polar surface area (TPSA) is 52.6 Å². The van der Waals surface area contributed by atoms with E-state index in [2.05, 4.69) is 5.32 Å². The van der Waals surface area contributed by atoms with Gasteiger partial charge in [0, 0.05) is 32.0 Å². The summed E-state index contributed by atoms with van der Waals surface area (Å²) in [4.78, 5) is 13.4. The van der Waals surface area contributed by atoms with Gasteiger partial charge in [0.15, 0.2) is 0 Å². The van der Waals surface area contributed by atoms with Crippen LogP contribution < -0.4 is 10.2 Å². The molecule has 0 spiro atoms. The number of carbonyl (C=O) groups is 1. The normalized spacial score (nSPS) is 11.7. The molecule has 0 amide bonds. The molecule has 4 nitrogen and oxygen atoms in total. The van der Waals surface area contributed by atoms with Crippen molar-refractivity contribution >= 4 is 17.3 Å². The monoisotopic (exact) mass is 284 g/mol. The lowest BCUT2D eigenvalue weighted by Crippen LogP contribution is -2.20. The van der Waals surface area contributed by atoms with E-state index in [0.29, 0.717) is 6.54 Å². The number of hydrogen-bond acceptors (Lipinski definition) is 3. The fraction of sp³-hybridized carbons (Fsp3) is 0.235. The SMILES string of the molecule is CN(C)c1ccc(NCC(C(=O)O)c2ccccc2)cc1. The van der Waals surface area contributed by atoms with Crippen molar-refractivity contribution < 1.29 is 9.90 Å². The summed E-state index contributed by atoms with van der Waals surface area (Å²) in [6.45, 7) is 0.362. The Morgan fingerprint density at radius 1 is 1.10 bits per heavy atom. The van der Waals surface area contributed by atoms with Gasteiger partial charge in [-0.1, -0.05) is 30.3 Å². The number of carboxylic acid groups (broad SMARTS) is 1. The lowest BCUT2D eigenvalue weighted by molar-refractivity contribution is -0.138. The third kappa shape index (κ3) is 3.99. The van der Waals surface area contributed by atoms with E-state index in [9.17, 15) is 9.90 Å². The van der Waals surface area contributed by atoms with Crippen molar-refractivity contribution in [2.24, 2.45) is 0 Å². The first-order chi connectivity index (χ1) is 10.1. The van der Waals surface area contributed by atoms with Crippen LogP contribution in [-0.2, 0) is 4.79 Å². The number of rotatable bonds is 6. The molecule has 0 aliphatic heterocycles. The summed E-state index contributed by atoms with van der Waals surface area (Å²) in [6, 6.07) is 17.2. The molecular formula is C17H20N2O2. The largest absolute Gasteiger partial charge is 0.481 e. The second kappa shape index (κ2) is 6.79. The Hall–Kier alpha value is -2.49. The van der Waals surface area contributed by atoms with Gasteiger partial charge in [-0.2, -0.15) is 0 Å². The fourth-order valence-electron chi connectivity index (χ4n) is 2.13. The lowest BCUT2D eigenvalue weighted by atomic mass is 9.99. The van der Waals surface area contributed by atoms with Crippen molar-refractivity contribution in [3.8, 4) is 0 Å². The molecule has 110 valence electrons. The summed E-state index contributed by atoms with van der Waals surface area (Å²) in [6.07, 6.45) is 0. The summed E-state index contributed by atoms with van der Waals surface area (Å²) in [7, 11) is 3.97. The molecule has 1 unspecified atom stereocenters. The predicted molar refractivity (Wildman–Crippen MR) is 86.1 cm³/mol. The molecule has 0 bridgehead atoms. The van der Waals surface area contributed by atoms with Gasteiger partial charge >= 0.3 is 5.97 Å². The molecule has 2 rings (SSSR count). The van der Waals surface area contributed by atoms with Crippen LogP contribution in [0.5, 0.6) is 0 Å². The van der Waals surface area contributed by atoms with Crippen LogP contribution in [0, 0.1) is 0 Å². The molecule has 1 atom stereocenters. The van der Waals surface area contributed by atoms with Gasteiger partial charge in [0.25, 0.3) is 0 Å². The van der Waals surface area contributed by atoms with Gasteiger partial charge in [0.2, 0.25) is 0 Å². The van der Waals surface area contributed by atoms with E-state index in [1.54, 1.807) is 0 Å². The Morgan fingerprint density at radius 3 is 2.24 bits per heavy atom. The summed E-state index contributed by atoms with van der Waals surface area (Å²) in [5.41, 5.74) is 2.84. The number of benzene rings is 2. The third-order valence-corrected chi connectivity index (χ3v) is 3.39. The van der Waals surface area contributed by atoms with Crippen molar-refractivity contribution in [3.63, 3.8) is 0 Å². The molecule has 0 saturated heterocycles. The van der Waals surface area contributed by atoms with Gasteiger partial charge in [-0.3, -0.25) is 4.79 Å². The Balaban J connectivity index is 2.04. The van der Waals surface area contributed by atoms with Crippen molar-refractivity contribution in [3.05, 3.63) is 60.2 Å². The first-order valence-electron chi connectivity index (χ1n) is 6.87. The van der Waals surface area contributed by atoms with Crippen molar-refractivity contribution in [1.82, 2.24) is 0 Å². The summed E-state index contributed by atoms with van der Waals surface area (Å²) >= 11 is 0. The molecule has 0 fully saturated rings. The molecule has 2 aromatic rings. The van der Waals surface area contributed by atoms with Gasteiger partial charge in [-0.05, 0) is 29.8 Å². The Kier molecular flexibility index (Phi) is 4.82. The maximum atomic E-state index is 11.4. The van der Waals surface area contributed by atoms with Gasteiger partial charge in [-0.15, -0.1) is 0 Å². The minimum Gasteiger partial charge on any atom is -0.481 e. The Labute approximate surface area is 125 Å². The van der Waals surface area contributed by atoms with E-state index in [4.69, 9.17) is 0 Å². The van der Waals surface area contributed by atoms with E-state index in [0.717, 1.165) is 16.9 Å². The summed E-state index contributed by atoms with van der Waals surface area (Å²) in [5.74, 6) is -1.38. The minimum atomic E-state index is -0.821. The third-order valence-electron chi connectivity index (χ3n) is 3.39. The second-order valence-corrected chi connectivity index (χ2v) is 5.12. The average Bonchev–Trinajstić information content (AvgIpc) is 2.48. The second-order valence-electron chi connectivity index (χ2n) is 5.12. The predicted octanol–water partition coefficient (Wildman–Crippen LogP) is 3.03. The summed E-state index contributed by atoms with van der Waals surface area (Å²) < 4.78 is 0. The molecule has 2 aromatic carbocycles. The highest BCUT2D eigenvalue weighted by Gasteiger charge is 2.19. The maximum absolute atomic E-state index is 11.4. The fourth-order valence-corrected chi connectivity index (χ4v) is 2.13. The molecule has 0 aromatic heterocycles. The number of anilines is 2. The average molecular weight is 284 g/mol. The zero-order valence-corrected chi connectivity index (χ0v) is 12.3. The molecule has 0 radical (unpaired) electrons. The number of hydrogen-bond donors (Lipinski definition) is 2. The van der Waals surface area contributed by atoms with Gasteiger partial charge < -0.3 is 15.3 Å². The molecule has 4 heteroatoms. The van der Waals surface area contributed by atoms with Crippen LogP contribution in [-0.4, -0.2) is 31.7 Å². The standard InChI is InChI=1S/C17H20N2O2/c1-19(2)15-10-8-14(9-11-15)18-12-16(17(20)21)13-6-4-3-5-7-13/h3-11,16,18H,12H2,1-2H3,(H,20,21). The van der Waals surface area contributed by atoms with E-state index in [1.807, 2.05) is 73.6 Å². The Morgan fingerprint density at radius 2 is 1.71 bits per heavy atom. The van der Waals surface area contributed by atoms with Crippen LogP contribution in [0.25, 0.3) is 0 Å². The van der Waals surface area contributed by atoms with Crippen LogP contribution in [0.1, 0.15) is 11.5 Å². The van der Waals surface area contributed by atoms with Crippen LogP contribution in [0.4, 0.5) is 11.4 Å². The van der Waals surface area contributed by atoms with Crippen LogP contribution in [0.3, 0.4) is 0 Å². The quantitative estimate of drug-likeness (QED) is 0.856. The number of nitrogens with zero attached hydrogens (tertiary/aromatic N) is 1. The number of nitrogens with one attached hydrogen (secondary N) is 1. The van der Waals surface area contributed by atoms with Crippen molar-refractivity contribution in [1.29, 1.82) is 0 Å². The first kappa shape index (κ1) is 14.9. The summed E-state index contributed by atoms with van der Waals surface area (Å²) in [5, 5.41) is 12.6. The number of aliphatic carboxylic acids is 1.